The third-order valence-electron chi connectivity index (χ3n) is 0.514. The molecule has 0 aromatic heterocycles. The monoisotopic (exact) mass is 99.0 g/mol. The average Bonchev–Trinajstić information content (AvgIpc) is 1.69. The second kappa shape index (κ2) is 1.51. The lowest BCUT2D eigenvalue weighted by molar-refractivity contribution is 0.134. The van der Waals surface area contributed by atoms with Gasteiger partial charge in [-0.1, -0.05) is 0 Å². The van der Waals surface area contributed by atoms with Crippen molar-refractivity contribution >= 4 is 6.21 Å². The SMILES string of the molecule is NC1=CONN=C1. The van der Waals surface area contributed by atoms with Crippen LogP contribution in [0.1, 0.15) is 0 Å². The first kappa shape index (κ1) is 3.98. The number of hydrogen-bond acceptors (Lipinski definition) is 4. The molecule has 0 radical (unpaired) electrons. The molecule has 0 amide bonds. The molecule has 0 spiro atoms. The quantitative estimate of drug-likeness (QED) is 0.422. The van der Waals surface area contributed by atoms with Crippen LogP contribution in [0.5, 0.6) is 0 Å². The van der Waals surface area contributed by atoms with Crippen molar-refractivity contribution in [2.45, 2.75) is 0 Å². The first-order valence-corrected chi connectivity index (χ1v) is 1.79. The Morgan fingerprint density at radius 1 is 1.86 bits per heavy atom. The summed E-state index contributed by atoms with van der Waals surface area (Å²) in [5.41, 5.74) is 7.92. The van der Waals surface area contributed by atoms with Crippen LogP contribution in [0, 0.1) is 0 Å². The molecule has 3 N–H and O–H groups in total. The van der Waals surface area contributed by atoms with Gasteiger partial charge in [0.1, 0.15) is 6.26 Å². The molecule has 0 fully saturated rings. The van der Waals surface area contributed by atoms with Crippen molar-refractivity contribution in [1.29, 1.82) is 0 Å². The van der Waals surface area contributed by atoms with Gasteiger partial charge >= 0.3 is 0 Å². The molecular formula is C3H5N3O. The summed E-state index contributed by atoms with van der Waals surface area (Å²) in [5.74, 6) is 0. The van der Waals surface area contributed by atoms with Crippen molar-refractivity contribution < 1.29 is 4.84 Å². The van der Waals surface area contributed by atoms with E-state index in [4.69, 9.17) is 5.73 Å². The highest BCUT2D eigenvalue weighted by molar-refractivity contribution is 5.76. The predicted molar refractivity (Wildman–Crippen MR) is 25.0 cm³/mol. The molecular weight excluding hydrogens is 94.1 g/mol. The standard InChI is InChI=1S/C3H5N3O/c4-3-1-5-6-7-2-3/h1-2,6H,4H2. The lowest BCUT2D eigenvalue weighted by Gasteiger charge is -2.01. The highest BCUT2D eigenvalue weighted by atomic mass is 16.7. The molecule has 0 saturated carbocycles. The first-order chi connectivity index (χ1) is 3.39. The summed E-state index contributed by atoms with van der Waals surface area (Å²) >= 11 is 0. The van der Waals surface area contributed by atoms with Gasteiger partial charge in [0.25, 0.3) is 0 Å². The van der Waals surface area contributed by atoms with Crippen molar-refractivity contribution in [1.82, 2.24) is 5.59 Å². The summed E-state index contributed by atoms with van der Waals surface area (Å²) in [7, 11) is 0. The van der Waals surface area contributed by atoms with Gasteiger partial charge in [0.15, 0.2) is 0 Å². The molecule has 0 aliphatic carbocycles. The van der Waals surface area contributed by atoms with Crippen LogP contribution in [0.2, 0.25) is 0 Å². The molecule has 4 heteroatoms. The molecule has 7 heavy (non-hydrogen) atoms. The minimum Gasteiger partial charge on any atom is -0.395 e. The molecule has 1 heterocycles. The van der Waals surface area contributed by atoms with E-state index in [0.29, 0.717) is 5.70 Å². The van der Waals surface area contributed by atoms with Crippen molar-refractivity contribution in [3.05, 3.63) is 12.0 Å². The van der Waals surface area contributed by atoms with Gasteiger partial charge in [-0.05, 0) is 0 Å². The van der Waals surface area contributed by atoms with Crippen LogP contribution in [-0.4, -0.2) is 6.21 Å². The second-order valence-corrected chi connectivity index (χ2v) is 1.09. The number of nitrogens with one attached hydrogen (secondary N) is 1. The van der Waals surface area contributed by atoms with Crippen LogP contribution >= 0.6 is 0 Å². The highest BCUT2D eigenvalue weighted by Crippen LogP contribution is 1.82. The molecule has 0 unspecified atom stereocenters. The zero-order valence-corrected chi connectivity index (χ0v) is 3.59. The summed E-state index contributed by atoms with van der Waals surface area (Å²) in [4.78, 5) is 4.45. The van der Waals surface area contributed by atoms with Crippen LogP contribution in [0.4, 0.5) is 0 Å². The van der Waals surface area contributed by atoms with Crippen LogP contribution in [0.3, 0.4) is 0 Å². The molecule has 1 rings (SSSR count). The Labute approximate surface area is 40.6 Å². The molecule has 1 aliphatic heterocycles. The third-order valence-corrected chi connectivity index (χ3v) is 0.514. The fraction of sp³-hybridized carbons (Fsp3) is 0. The van der Waals surface area contributed by atoms with Gasteiger partial charge in [-0.3, -0.25) is 0 Å². The summed E-state index contributed by atoms with van der Waals surface area (Å²) in [6, 6.07) is 0. The van der Waals surface area contributed by atoms with E-state index >= 15 is 0 Å². The van der Waals surface area contributed by atoms with Gasteiger partial charge < -0.3 is 10.6 Å². The highest BCUT2D eigenvalue weighted by Gasteiger charge is 1.86. The van der Waals surface area contributed by atoms with Crippen LogP contribution in [0.15, 0.2) is 17.1 Å². The van der Waals surface area contributed by atoms with E-state index in [2.05, 4.69) is 15.5 Å². The number of nitrogens with two attached hydrogens (primary N) is 1. The van der Waals surface area contributed by atoms with E-state index < -0.39 is 0 Å². The fourth-order valence-corrected chi connectivity index (χ4v) is 0.256. The number of hydrogen-bond donors (Lipinski definition) is 2. The molecule has 0 aromatic carbocycles. The third kappa shape index (κ3) is 0.819. The van der Waals surface area contributed by atoms with E-state index in [1.807, 2.05) is 0 Å². The Morgan fingerprint density at radius 3 is 3.00 bits per heavy atom. The predicted octanol–water partition coefficient (Wildman–Crippen LogP) is -0.693. The zero-order valence-electron chi connectivity index (χ0n) is 3.59. The number of nitrogens with zero attached hydrogens (tertiary/aromatic N) is 1. The van der Waals surface area contributed by atoms with Gasteiger partial charge in [-0.25, -0.2) is 0 Å². The summed E-state index contributed by atoms with van der Waals surface area (Å²) < 4.78 is 0. The number of rotatable bonds is 0. The normalized spacial score (nSPS) is 16.9. The second-order valence-electron chi connectivity index (χ2n) is 1.09. The van der Waals surface area contributed by atoms with Crippen LogP contribution in [0.25, 0.3) is 0 Å². The van der Waals surface area contributed by atoms with Crippen molar-refractivity contribution in [3.8, 4) is 0 Å². The van der Waals surface area contributed by atoms with Gasteiger partial charge in [-0.2, -0.15) is 5.10 Å². The van der Waals surface area contributed by atoms with Gasteiger partial charge in [0, 0.05) is 0 Å². The topological polar surface area (TPSA) is 59.6 Å². The average molecular weight is 99.1 g/mol. The minimum absolute atomic E-state index is 0.513. The van der Waals surface area contributed by atoms with Crippen LogP contribution < -0.4 is 11.3 Å². The molecule has 38 valence electrons. The van der Waals surface area contributed by atoms with Crippen molar-refractivity contribution in [2.24, 2.45) is 10.8 Å². The molecule has 0 saturated heterocycles. The Bertz CT molecular complexity index is 117. The first-order valence-electron chi connectivity index (χ1n) is 1.79. The van der Waals surface area contributed by atoms with E-state index in [1.54, 1.807) is 0 Å². The molecule has 1 aliphatic rings. The Hall–Kier alpha value is -1.19. The summed E-state index contributed by atoms with van der Waals surface area (Å²) in [6.45, 7) is 0. The Balaban J connectivity index is 2.58. The van der Waals surface area contributed by atoms with E-state index in [9.17, 15) is 0 Å². The maximum absolute atomic E-state index is 5.18. The minimum atomic E-state index is 0.513. The zero-order chi connectivity index (χ0) is 5.11. The van der Waals surface area contributed by atoms with Crippen molar-refractivity contribution in [2.75, 3.05) is 0 Å². The summed E-state index contributed by atoms with van der Waals surface area (Å²) in [6.07, 6.45) is 2.83. The number of hydrazone groups is 1. The molecule has 4 nitrogen and oxygen atoms in total. The molecule has 0 aromatic rings. The maximum atomic E-state index is 5.18. The van der Waals surface area contributed by atoms with Gasteiger partial charge in [-0.15, -0.1) is 5.59 Å². The number of allylic oxidation sites excluding steroid dienone is 1. The largest absolute Gasteiger partial charge is 0.395 e. The molecule has 0 atom stereocenters. The maximum Gasteiger partial charge on any atom is 0.145 e. The van der Waals surface area contributed by atoms with Crippen LogP contribution in [-0.2, 0) is 4.84 Å². The van der Waals surface area contributed by atoms with E-state index in [-0.39, 0.29) is 0 Å². The van der Waals surface area contributed by atoms with Gasteiger partial charge in [0.2, 0.25) is 0 Å². The van der Waals surface area contributed by atoms with Crippen molar-refractivity contribution in [3.63, 3.8) is 0 Å². The lowest BCUT2D eigenvalue weighted by Crippen LogP contribution is -2.12. The smallest absolute Gasteiger partial charge is 0.145 e. The summed E-state index contributed by atoms with van der Waals surface area (Å²) in [5, 5.41) is 3.47. The molecule has 0 bridgehead atoms. The Morgan fingerprint density at radius 2 is 2.71 bits per heavy atom. The van der Waals surface area contributed by atoms with Gasteiger partial charge in [0.05, 0.1) is 11.9 Å². The fourth-order valence-electron chi connectivity index (χ4n) is 0.256. The van der Waals surface area contributed by atoms with E-state index in [1.165, 1.54) is 12.5 Å². The Kier molecular flexibility index (Phi) is 0.856. The lowest BCUT2D eigenvalue weighted by atomic mass is 10.5. The van der Waals surface area contributed by atoms with E-state index in [0.717, 1.165) is 0 Å².